The third-order valence-electron chi connectivity index (χ3n) is 2.21. The zero-order valence-electron chi connectivity index (χ0n) is 10.9. The minimum absolute atomic E-state index is 0.0469. The molecule has 0 atom stereocenters. The summed E-state index contributed by atoms with van der Waals surface area (Å²) in [5, 5.41) is 4.08. The number of carbonyl (C=O) groups is 1. The van der Waals surface area contributed by atoms with Gasteiger partial charge in [0.1, 0.15) is 0 Å². The molecule has 3 N–H and O–H groups in total. The Labute approximate surface area is 117 Å². The predicted octanol–water partition coefficient (Wildman–Crippen LogP) is 2.81. The molecular weight excluding hydrogens is 268 g/mol. The van der Waals surface area contributed by atoms with Crippen LogP contribution in [0.4, 0.5) is 0 Å². The molecule has 0 saturated carbocycles. The fraction of sp³-hybridized carbons (Fsp3) is 0.462. The van der Waals surface area contributed by atoms with Crippen LogP contribution in [0.2, 0.25) is 5.02 Å². The van der Waals surface area contributed by atoms with Gasteiger partial charge in [-0.3, -0.25) is 4.79 Å². The van der Waals surface area contributed by atoms with Crippen molar-refractivity contribution in [2.45, 2.75) is 37.8 Å². The second-order valence-electron chi connectivity index (χ2n) is 5.11. The number of hydrogen-bond donors (Lipinski definition) is 2. The third kappa shape index (κ3) is 5.76. The third-order valence-corrected chi connectivity index (χ3v) is 3.56. The predicted molar refractivity (Wildman–Crippen MR) is 78.0 cm³/mol. The van der Waals surface area contributed by atoms with Gasteiger partial charge in [0.2, 0.25) is 5.91 Å². The molecule has 18 heavy (non-hydrogen) atoms. The van der Waals surface area contributed by atoms with Crippen molar-refractivity contribution in [3.63, 3.8) is 0 Å². The van der Waals surface area contributed by atoms with E-state index in [2.05, 4.69) is 26.1 Å². The SMILES string of the molecule is CC(C)(C)NCc1ccc(Cl)cc1SCC(N)=O. The molecule has 5 heteroatoms. The number of carbonyl (C=O) groups excluding carboxylic acids is 1. The Morgan fingerprint density at radius 3 is 2.67 bits per heavy atom. The van der Waals surface area contributed by atoms with Gasteiger partial charge < -0.3 is 11.1 Å². The maximum atomic E-state index is 10.8. The highest BCUT2D eigenvalue weighted by Crippen LogP contribution is 2.26. The summed E-state index contributed by atoms with van der Waals surface area (Å²) >= 11 is 7.39. The number of nitrogens with one attached hydrogen (secondary N) is 1. The first-order chi connectivity index (χ1) is 8.28. The van der Waals surface area contributed by atoms with Crippen molar-refractivity contribution in [3.05, 3.63) is 28.8 Å². The Balaban J connectivity index is 2.79. The van der Waals surface area contributed by atoms with E-state index in [-0.39, 0.29) is 17.2 Å². The lowest BCUT2D eigenvalue weighted by molar-refractivity contribution is -0.115. The maximum Gasteiger partial charge on any atom is 0.227 e. The summed E-state index contributed by atoms with van der Waals surface area (Å²) in [4.78, 5) is 11.8. The molecule has 0 aliphatic carbocycles. The van der Waals surface area contributed by atoms with Crippen LogP contribution in [0.5, 0.6) is 0 Å². The van der Waals surface area contributed by atoms with E-state index in [0.717, 1.165) is 17.0 Å². The monoisotopic (exact) mass is 286 g/mol. The first-order valence-corrected chi connectivity index (χ1v) is 7.09. The van der Waals surface area contributed by atoms with Crippen molar-refractivity contribution in [2.24, 2.45) is 5.73 Å². The molecule has 0 aliphatic heterocycles. The molecule has 0 bridgehead atoms. The lowest BCUT2D eigenvalue weighted by Gasteiger charge is -2.21. The second-order valence-corrected chi connectivity index (χ2v) is 6.56. The van der Waals surface area contributed by atoms with Crippen molar-refractivity contribution in [2.75, 3.05) is 5.75 Å². The van der Waals surface area contributed by atoms with Crippen LogP contribution in [0.15, 0.2) is 23.1 Å². The summed E-state index contributed by atoms with van der Waals surface area (Å²) in [5.41, 5.74) is 6.34. The van der Waals surface area contributed by atoms with Crippen LogP contribution in [-0.4, -0.2) is 17.2 Å². The molecule has 1 amide bonds. The normalized spacial score (nSPS) is 11.6. The van der Waals surface area contributed by atoms with E-state index in [0.29, 0.717) is 5.02 Å². The average Bonchev–Trinajstić information content (AvgIpc) is 2.23. The van der Waals surface area contributed by atoms with E-state index in [4.69, 9.17) is 17.3 Å². The van der Waals surface area contributed by atoms with Gasteiger partial charge in [-0.1, -0.05) is 17.7 Å². The van der Waals surface area contributed by atoms with Crippen LogP contribution in [-0.2, 0) is 11.3 Å². The zero-order chi connectivity index (χ0) is 13.8. The molecule has 0 saturated heterocycles. The van der Waals surface area contributed by atoms with Gasteiger partial charge in [0, 0.05) is 22.0 Å². The van der Waals surface area contributed by atoms with Crippen molar-refractivity contribution < 1.29 is 4.79 Å². The molecule has 100 valence electrons. The summed E-state index contributed by atoms with van der Waals surface area (Å²) in [7, 11) is 0. The molecule has 1 rings (SSSR count). The van der Waals surface area contributed by atoms with Gasteiger partial charge in [-0.2, -0.15) is 0 Å². The Hall–Kier alpha value is -0.710. The molecule has 0 heterocycles. The minimum atomic E-state index is -0.324. The first kappa shape index (κ1) is 15.3. The van der Waals surface area contributed by atoms with Crippen LogP contribution in [0.3, 0.4) is 0 Å². The van der Waals surface area contributed by atoms with Crippen molar-refractivity contribution in [1.82, 2.24) is 5.32 Å². The summed E-state index contributed by atoms with van der Waals surface area (Å²) in [6, 6.07) is 5.70. The van der Waals surface area contributed by atoms with E-state index in [1.807, 2.05) is 18.2 Å². The molecule has 1 aromatic rings. The van der Waals surface area contributed by atoms with Gasteiger partial charge in [-0.25, -0.2) is 0 Å². The van der Waals surface area contributed by atoms with Crippen LogP contribution in [0.25, 0.3) is 0 Å². The van der Waals surface area contributed by atoms with Crippen LogP contribution in [0.1, 0.15) is 26.3 Å². The van der Waals surface area contributed by atoms with E-state index < -0.39 is 0 Å². The van der Waals surface area contributed by atoms with Gasteiger partial charge in [0.05, 0.1) is 5.75 Å². The molecular formula is C13H19ClN2OS. The Morgan fingerprint density at radius 1 is 1.44 bits per heavy atom. The van der Waals surface area contributed by atoms with Crippen LogP contribution in [0, 0.1) is 0 Å². The van der Waals surface area contributed by atoms with Crippen LogP contribution >= 0.6 is 23.4 Å². The highest BCUT2D eigenvalue weighted by atomic mass is 35.5. The number of rotatable bonds is 5. The number of primary amides is 1. The number of hydrogen-bond acceptors (Lipinski definition) is 3. The smallest absolute Gasteiger partial charge is 0.227 e. The molecule has 0 radical (unpaired) electrons. The molecule has 0 unspecified atom stereocenters. The van der Waals surface area contributed by atoms with Gasteiger partial charge in [-0.05, 0) is 38.5 Å². The minimum Gasteiger partial charge on any atom is -0.369 e. The topological polar surface area (TPSA) is 55.1 Å². The molecule has 0 spiro atoms. The Kier molecular flexibility index (Phi) is 5.50. The summed E-state index contributed by atoms with van der Waals surface area (Å²) in [6.07, 6.45) is 0. The number of thioether (sulfide) groups is 1. The number of amides is 1. The average molecular weight is 287 g/mol. The largest absolute Gasteiger partial charge is 0.369 e. The molecule has 1 aromatic carbocycles. The molecule has 0 fully saturated rings. The molecule has 0 aromatic heterocycles. The molecule has 0 aliphatic rings. The van der Waals surface area contributed by atoms with E-state index >= 15 is 0 Å². The van der Waals surface area contributed by atoms with E-state index in [9.17, 15) is 4.79 Å². The van der Waals surface area contributed by atoms with Gasteiger partial charge in [0.25, 0.3) is 0 Å². The molecule has 3 nitrogen and oxygen atoms in total. The lowest BCUT2D eigenvalue weighted by atomic mass is 10.1. The number of halogens is 1. The van der Waals surface area contributed by atoms with Crippen molar-refractivity contribution in [3.8, 4) is 0 Å². The highest BCUT2D eigenvalue weighted by Gasteiger charge is 2.11. The quantitative estimate of drug-likeness (QED) is 0.819. The Morgan fingerprint density at radius 2 is 2.11 bits per heavy atom. The lowest BCUT2D eigenvalue weighted by Crippen LogP contribution is -2.35. The van der Waals surface area contributed by atoms with Crippen LogP contribution < -0.4 is 11.1 Å². The fourth-order valence-corrected chi connectivity index (χ4v) is 2.39. The van der Waals surface area contributed by atoms with Crippen molar-refractivity contribution >= 4 is 29.3 Å². The van der Waals surface area contributed by atoms with Crippen molar-refractivity contribution in [1.29, 1.82) is 0 Å². The zero-order valence-corrected chi connectivity index (χ0v) is 12.5. The maximum absolute atomic E-state index is 10.8. The highest BCUT2D eigenvalue weighted by molar-refractivity contribution is 8.00. The summed E-state index contributed by atoms with van der Waals surface area (Å²) in [5.74, 6) is -0.0576. The second kappa shape index (κ2) is 6.45. The first-order valence-electron chi connectivity index (χ1n) is 5.72. The van der Waals surface area contributed by atoms with Gasteiger partial charge in [-0.15, -0.1) is 11.8 Å². The summed E-state index contributed by atoms with van der Waals surface area (Å²) in [6.45, 7) is 7.07. The standard InChI is InChI=1S/C13H19ClN2OS/c1-13(2,3)16-7-9-4-5-10(14)6-11(9)18-8-12(15)17/h4-6,16H,7-8H2,1-3H3,(H2,15,17). The van der Waals surface area contributed by atoms with Gasteiger partial charge >= 0.3 is 0 Å². The number of nitrogens with two attached hydrogens (primary N) is 1. The Bertz CT molecular complexity index is 429. The summed E-state index contributed by atoms with van der Waals surface area (Å²) < 4.78 is 0. The van der Waals surface area contributed by atoms with Gasteiger partial charge in [0.15, 0.2) is 0 Å². The van der Waals surface area contributed by atoms with E-state index in [1.165, 1.54) is 11.8 Å². The fourth-order valence-electron chi connectivity index (χ4n) is 1.32. The van der Waals surface area contributed by atoms with E-state index in [1.54, 1.807) is 0 Å². The number of benzene rings is 1.